The van der Waals surface area contributed by atoms with Gasteiger partial charge in [0.25, 0.3) is 0 Å². The number of nitrogens with zero attached hydrogens (tertiary/aromatic N) is 2. The van der Waals surface area contributed by atoms with Crippen molar-refractivity contribution < 1.29 is 17.9 Å². The van der Waals surface area contributed by atoms with Crippen molar-refractivity contribution in [3.05, 3.63) is 63.6 Å². The number of carbonyl (C=O) groups excluding carboxylic acids is 1. The molecule has 0 aliphatic rings. The van der Waals surface area contributed by atoms with Crippen molar-refractivity contribution in [2.24, 2.45) is 0 Å². The van der Waals surface area contributed by atoms with Crippen molar-refractivity contribution >= 4 is 60.4 Å². The van der Waals surface area contributed by atoms with Crippen molar-refractivity contribution in [3.63, 3.8) is 0 Å². The smallest absolute Gasteiger partial charge is 0.357 e. The van der Waals surface area contributed by atoms with Gasteiger partial charge < -0.3 is 10.1 Å². The molecular weight excluding hydrogens is 552 g/mol. The topological polar surface area (TPSA) is 122 Å². The van der Waals surface area contributed by atoms with Crippen molar-refractivity contribution in [2.45, 2.75) is 31.6 Å². The number of hydrogen-bond acceptors (Lipinski definition) is 9. The number of esters is 1. The molecule has 1 heterocycles. The van der Waals surface area contributed by atoms with Gasteiger partial charge in [-0.3, -0.25) is 5.41 Å². The average Bonchev–Trinajstić information content (AvgIpc) is 3.31. The van der Waals surface area contributed by atoms with E-state index in [2.05, 4.69) is 44.5 Å². The minimum absolute atomic E-state index is 0.139. The van der Waals surface area contributed by atoms with Crippen LogP contribution in [0.4, 0.5) is 5.69 Å². The number of aromatic nitrogens is 2. The van der Waals surface area contributed by atoms with Gasteiger partial charge in [-0.1, -0.05) is 44.2 Å². The summed E-state index contributed by atoms with van der Waals surface area (Å²) in [4.78, 5) is 17.0. The molecule has 3 rings (SSSR count). The zero-order chi connectivity index (χ0) is 25.8. The van der Waals surface area contributed by atoms with E-state index in [0.717, 1.165) is 29.0 Å². The molecule has 0 fully saturated rings. The summed E-state index contributed by atoms with van der Waals surface area (Å²) in [6, 6.07) is 14.1. The van der Waals surface area contributed by atoms with Crippen LogP contribution in [0.25, 0.3) is 17.1 Å². The van der Waals surface area contributed by atoms with Gasteiger partial charge in [0.15, 0.2) is 26.4 Å². The third-order valence-electron chi connectivity index (χ3n) is 4.92. The SMILES string of the molecule is CCOC(=O)C(=N)/C(Br)=C(\Nc1ccccc1C(C)C)c1nc(-c2cccc(S(C)(=O)=O)c2)ns1. The highest BCUT2D eigenvalue weighted by Gasteiger charge is 2.23. The number of benzene rings is 2. The predicted octanol–water partition coefficient (Wildman–Crippen LogP) is 5.49. The molecule has 0 aliphatic heterocycles. The van der Waals surface area contributed by atoms with Crippen molar-refractivity contribution in [1.82, 2.24) is 9.36 Å². The van der Waals surface area contributed by atoms with Crippen LogP contribution >= 0.6 is 27.5 Å². The molecule has 0 saturated carbocycles. The van der Waals surface area contributed by atoms with E-state index in [1.54, 1.807) is 19.1 Å². The Balaban J connectivity index is 2.11. The minimum Gasteiger partial charge on any atom is -0.461 e. The standard InChI is InChI=1S/C24H25BrN4O4S2/c1-5-33-24(30)20(26)19(25)21(27-18-12-7-6-11-17(18)14(2)3)23-28-22(29-34-23)15-9-8-10-16(13-15)35(4,31)32/h6-14,26-27H,5H2,1-4H3/b21-19+,26-20?. The van der Waals surface area contributed by atoms with Crippen LogP contribution in [0.2, 0.25) is 0 Å². The van der Waals surface area contributed by atoms with E-state index in [1.165, 1.54) is 12.1 Å². The van der Waals surface area contributed by atoms with Crippen LogP contribution in [-0.2, 0) is 19.4 Å². The third kappa shape index (κ3) is 6.41. The second kappa shape index (κ2) is 11.2. The first-order chi connectivity index (χ1) is 16.5. The summed E-state index contributed by atoms with van der Waals surface area (Å²) < 4.78 is 33.5. The summed E-state index contributed by atoms with van der Waals surface area (Å²) in [6.07, 6.45) is 1.14. The van der Waals surface area contributed by atoms with E-state index in [1.807, 2.05) is 24.3 Å². The lowest BCUT2D eigenvalue weighted by molar-refractivity contribution is -0.135. The second-order valence-electron chi connectivity index (χ2n) is 7.87. The van der Waals surface area contributed by atoms with Gasteiger partial charge in [-0.15, -0.1) is 0 Å². The first kappa shape index (κ1) is 26.7. The number of rotatable bonds is 9. The summed E-state index contributed by atoms with van der Waals surface area (Å²) in [5.41, 5.74) is 2.38. The van der Waals surface area contributed by atoms with E-state index in [-0.39, 0.29) is 27.6 Å². The zero-order valence-corrected chi connectivity index (χ0v) is 22.8. The van der Waals surface area contributed by atoms with Crippen LogP contribution in [0.1, 0.15) is 37.3 Å². The predicted molar refractivity (Wildman–Crippen MR) is 143 cm³/mol. The Morgan fingerprint density at radius 1 is 1.20 bits per heavy atom. The van der Waals surface area contributed by atoms with Crippen LogP contribution in [0.3, 0.4) is 0 Å². The fourth-order valence-corrected chi connectivity index (χ4v) is 5.11. The lowest BCUT2D eigenvalue weighted by Crippen LogP contribution is -2.19. The van der Waals surface area contributed by atoms with E-state index >= 15 is 0 Å². The van der Waals surface area contributed by atoms with Gasteiger partial charge in [-0.25, -0.2) is 18.2 Å². The molecule has 1 aromatic heterocycles. The van der Waals surface area contributed by atoms with Crippen molar-refractivity contribution in [3.8, 4) is 11.4 Å². The largest absolute Gasteiger partial charge is 0.461 e. The number of hydrogen-bond donors (Lipinski definition) is 2. The first-order valence-electron chi connectivity index (χ1n) is 10.7. The highest BCUT2D eigenvalue weighted by Crippen LogP contribution is 2.33. The van der Waals surface area contributed by atoms with E-state index in [9.17, 15) is 13.2 Å². The Kier molecular flexibility index (Phi) is 8.57. The Morgan fingerprint density at radius 3 is 2.57 bits per heavy atom. The minimum atomic E-state index is -3.40. The molecule has 0 unspecified atom stereocenters. The maximum atomic E-state index is 12.3. The monoisotopic (exact) mass is 576 g/mol. The highest BCUT2D eigenvalue weighted by atomic mass is 79.9. The van der Waals surface area contributed by atoms with Crippen LogP contribution in [0.15, 0.2) is 57.9 Å². The van der Waals surface area contributed by atoms with Gasteiger partial charge in [-0.05, 0) is 64.1 Å². The maximum Gasteiger partial charge on any atom is 0.357 e. The Hall–Kier alpha value is -2.89. The summed E-state index contributed by atoms with van der Waals surface area (Å²) in [6.45, 7) is 5.94. The molecule has 35 heavy (non-hydrogen) atoms. The fraction of sp³-hybridized carbons (Fsp3) is 0.250. The number of sulfone groups is 1. The van der Waals surface area contributed by atoms with E-state index in [4.69, 9.17) is 10.1 Å². The number of ether oxygens (including phenoxy) is 1. The Labute approximate surface area is 217 Å². The third-order valence-corrected chi connectivity index (χ3v) is 7.56. The van der Waals surface area contributed by atoms with Crippen molar-refractivity contribution in [2.75, 3.05) is 18.2 Å². The quantitative estimate of drug-likeness (QED) is 0.255. The molecule has 2 aromatic carbocycles. The lowest BCUT2D eigenvalue weighted by Gasteiger charge is -2.17. The van der Waals surface area contributed by atoms with Gasteiger partial charge in [0, 0.05) is 17.5 Å². The summed E-state index contributed by atoms with van der Waals surface area (Å²) in [5, 5.41) is 12.1. The number of nitrogens with one attached hydrogen (secondary N) is 2. The first-order valence-corrected chi connectivity index (χ1v) is 14.1. The molecule has 0 saturated heterocycles. The number of carbonyl (C=O) groups is 1. The second-order valence-corrected chi connectivity index (χ2v) is 11.4. The van der Waals surface area contributed by atoms with Gasteiger partial charge in [0.2, 0.25) is 0 Å². The van der Waals surface area contributed by atoms with Crippen LogP contribution < -0.4 is 5.32 Å². The molecule has 8 nitrogen and oxygen atoms in total. The van der Waals surface area contributed by atoms with Crippen LogP contribution in [0, 0.1) is 5.41 Å². The normalized spacial score (nSPS) is 12.3. The lowest BCUT2D eigenvalue weighted by atomic mass is 10.0. The zero-order valence-electron chi connectivity index (χ0n) is 19.6. The van der Waals surface area contributed by atoms with Gasteiger partial charge >= 0.3 is 5.97 Å². The molecule has 184 valence electrons. The fourth-order valence-electron chi connectivity index (χ4n) is 3.18. The molecule has 0 atom stereocenters. The molecule has 0 bridgehead atoms. The van der Waals surface area contributed by atoms with Gasteiger partial charge in [0.05, 0.1) is 21.7 Å². The molecular formula is C24H25BrN4O4S2. The number of para-hydroxylation sites is 1. The number of anilines is 1. The summed E-state index contributed by atoms with van der Waals surface area (Å²) >= 11 is 4.45. The average molecular weight is 578 g/mol. The molecule has 2 N–H and O–H groups in total. The Morgan fingerprint density at radius 2 is 1.91 bits per heavy atom. The van der Waals surface area contributed by atoms with Crippen molar-refractivity contribution in [1.29, 1.82) is 5.41 Å². The molecule has 0 amide bonds. The van der Waals surface area contributed by atoms with Gasteiger partial charge in [0.1, 0.15) is 0 Å². The molecule has 3 aromatic rings. The van der Waals surface area contributed by atoms with Crippen LogP contribution in [0.5, 0.6) is 0 Å². The highest BCUT2D eigenvalue weighted by molar-refractivity contribution is 9.12. The maximum absolute atomic E-state index is 12.3. The Bertz CT molecular complexity index is 1400. The van der Waals surface area contributed by atoms with E-state index < -0.39 is 15.8 Å². The van der Waals surface area contributed by atoms with Gasteiger partial charge in [-0.2, -0.15) is 4.37 Å². The number of halogens is 1. The molecule has 0 aliphatic carbocycles. The van der Waals surface area contributed by atoms with E-state index in [0.29, 0.717) is 22.1 Å². The molecule has 0 spiro atoms. The summed E-state index contributed by atoms with van der Waals surface area (Å²) in [7, 11) is -3.40. The molecule has 11 heteroatoms. The van der Waals surface area contributed by atoms with Crippen LogP contribution in [-0.4, -0.2) is 42.3 Å². The summed E-state index contributed by atoms with van der Waals surface area (Å²) in [5.74, 6) is -0.233. The molecule has 0 radical (unpaired) electrons.